The molecule has 0 aromatic heterocycles. The zero-order valence-electron chi connectivity index (χ0n) is 13.4. The van der Waals surface area contributed by atoms with E-state index in [4.69, 9.17) is 0 Å². The molecule has 0 spiro atoms. The van der Waals surface area contributed by atoms with Crippen LogP contribution >= 0.6 is 0 Å². The Kier molecular flexibility index (Phi) is 4.58. The molecule has 1 nitrogen and oxygen atoms in total. The minimum atomic E-state index is -0.104. The largest absolute Gasteiger partial charge is 0.303 e. The normalized spacial score (nSPS) is 17.2. The van der Waals surface area contributed by atoms with Gasteiger partial charge in [-0.05, 0) is 48.9 Å². The van der Waals surface area contributed by atoms with Crippen molar-refractivity contribution in [1.29, 1.82) is 0 Å². The highest BCUT2D eigenvalue weighted by Crippen LogP contribution is 2.38. The van der Waals surface area contributed by atoms with Crippen LogP contribution in [0.5, 0.6) is 0 Å². The number of hydrogen-bond acceptors (Lipinski definition) is 1. The van der Waals surface area contributed by atoms with Crippen molar-refractivity contribution in [1.82, 2.24) is 5.32 Å². The summed E-state index contributed by atoms with van der Waals surface area (Å²) in [5.41, 5.74) is 3.05. The molecule has 1 fully saturated rings. The van der Waals surface area contributed by atoms with Gasteiger partial charge in [0.15, 0.2) is 0 Å². The molecule has 0 aliphatic heterocycles. The van der Waals surface area contributed by atoms with Gasteiger partial charge in [-0.15, -0.1) is 0 Å². The molecular formula is C20H24FN. The number of hydrogen-bond donors (Lipinski definition) is 1. The number of benzene rings is 2. The first-order valence-electron chi connectivity index (χ1n) is 8.20. The van der Waals surface area contributed by atoms with E-state index in [2.05, 4.69) is 42.6 Å². The topological polar surface area (TPSA) is 12.0 Å². The molecule has 0 radical (unpaired) electrons. The smallest absolute Gasteiger partial charge is 0.126 e. The molecule has 2 heteroatoms. The summed E-state index contributed by atoms with van der Waals surface area (Å²) in [6, 6.07) is 16.6. The van der Waals surface area contributed by atoms with E-state index in [9.17, 15) is 4.39 Å². The Morgan fingerprint density at radius 3 is 2.45 bits per heavy atom. The maximum atomic E-state index is 13.9. The Labute approximate surface area is 132 Å². The summed E-state index contributed by atoms with van der Waals surface area (Å²) in [5.74, 6) is 0.692. The van der Waals surface area contributed by atoms with Gasteiger partial charge in [-0.2, -0.15) is 0 Å². The summed E-state index contributed by atoms with van der Waals surface area (Å²) >= 11 is 0. The molecular weight excluding hydrogens is 273 g/mol. The van der Waals surface area contributed by atoms with Gasteiger partial charge in [-0.3, -0.25) is 0 Å². The summed E-state index contributed by atoms with van der Waals surface area (Å²) in [5, 5.41) is 3.70. The van der Waals surface area contributed by atoms with Crippen LogP contribution in [-0.4, -0.2) is 0 Å². The minimum Gasteiger partial charge on any atom is -0.303 e. The predicted octanol–water partition coefficient (Wildman–Crippen LogP) is 5.33. The van der Waals surface area contributed by atoms with E-state index < -0.39 is 0 Å². The van der Waals surface area contributed by atoms with Crippen molar-refractivity contribution < 1.29 is 4.39 Å². The average Bonchev–Trinajstić information content (AvgIpc) is 3.34. The van der Waals surface area contributed by atoms with E-state index in [0.29, 0.717) is 5.56 Å². The number of nitrogens with one attached hydrogen (secondary N) is 1. The van der Waals surface area contributed by atoms with Crippen LogP contribution in [0.3, 0.4) is 0 Å². The van der Waals surface area contributed by atoms with Gasteiger partial charge in [-0.25, -0.2) is 4.39 Å². The van der Waals surface area contributed by atoms with Crippen LogP contribution in [0.4, 0.5) is 4.39 Å². The lowest BCUT2D eigenvalue weighted by atomic mass is 9.97. The van der Waals surface area contributed by atoms with Gasteiger partial charge in [0.2, 0.25) is 0 Å². The van der Waals surface area contributed by atoms with E-state index in [1.807, 2.05) is 19.1 Å². The molecule has 1 N–H and O–H groups in total. The van der Waals surface area contributed by atoms with Crippen LogP contribution < -0.4 is 5.32 Å². The molecule has 1 aliphatic carbocycles. The fourth-order valence-electron chi connectivity index (χ4n) is 2.95. The highest BCUT2D eigenvalue weighted by molar-refractivity contribution is 5.27. The summed E-state index contributed by atoms with van der Waals surface area (Å²) in [4.78, 5) is 0. The van der Waals surface area contributed by atoms with Gasteiger partial charge in [-0.1, -0.05) is 55.3 Å². The second kappa shape index (κ2) is 6.62. The van der Waals surface area contributed by atoms with Gasteiger partial charge in [0.25, 0.3) is 0 Å². The predicted molar refractivity (Wildman–Crippen MR) is 89.2 cm³/mol. The monoisotopic (exact) mass is 297 g/mol. The standard InChI is InChI=1S/C20H24FN/c1-14-8-11-18(13-19(14)21)20(12-16-9-10-16)22-15(2)17-6-4-3-5-7-17/h3-8,11,13,15-16,20,22H,9-10,12H2,1-2H3. The summed E-state index contributed by atoms with van der Waals surface area (Å²) in [7, 11) is 0. The maximum absolute atomic E-state index is 13.9. The number of rotatable bonds is 6. The molecule has 2 aromatic rings. The van der Waals surface area contributed by atoms with E-state index in [1.165, 1.54) is 18.4 Å². The quantitative estimate of drug-likeness (QED) is 0.760. The Morgan fingerprint density at radius 2 is 1.82 bits per heavy atom. The van der Waals surface area contributed by atoms with Crippen molar-refractivity contribution >= 4 is 0 Å². The molecule has 0 bridgehead atoms. The van der Waals surface area contributed by atoms with Crippen LogP contribution in [0.2, 0.25) is 0 Å². The second-order valence-corrected chi connectivity index (χ2v) is 6.54. The van der Waals surface area contributed by atoms with Crippen LogP contribution in [0.25, 0.3) is 0 Å². The lowest BCUT2D eigenvalue weighted by Crippen LogP contribution is -2.25. The average molecular weight is 297 g/mol. The highest BCUT2D eigenvalue weighted by atomic mass is 19.1. The lowest BCUT2D eigenvalue weighted by Gasteiger charge is -2.24. The van der Waals surface area contributed by atoms with Crippen LogP contribution in [-0.2, 0) is 0 Å². The highest BCUT2D eigenvalue weighted by Gasteiger charge is 2.27. The third-order valence-corrected chi connectivity index (χ3v) is 4.61. The first kappa shape index (κ1) is 15.2. The SMILES string of the molecule is Cc1ccc(C(CC2CC2)NC(C)c2ccccc2)cc1F. The molecule has 0 amide bonds. The molecule has 116 valence electrons. The van der Waals surface area contributed by atoms with Crippen molar-refractivity contribution in [3.8, 4) is 0 Å². The van der Waals surface area contributed by atoms with E-state index >= 15 is 0 Å². The molecule has 22 heavy (non-hydrogen) atoms. The Hall–Kier alpha value is -1.67. The fourth-order valence-corrected chi connectivity index (χ4v) is 2.95. The Bertz CT molecular complexity index is 619. The van der Waals surface area contributed by atoms with Crippen molar-refractivity contribution in [3.05, 3.63) is 71.0 Å². The van der Waals surface area contributed by atoms with Crippen molar-refractivity contribution in [2.24, 2.45) is 5.92 Å². The zero-order valence-corrected chi connectivity index (χ0v) is 13.4. The first-order valence-corrected chi connectivity index (χ1v) is 8.20. The van der Waals surface area contributed by atoms with Gasteiger partial charge in [0, 0.05) is 12.1 Å². The third-order valence-electron chi connectivity index (χ3n) is 4.61. The van der Waals surface area contributed by atoms with Crippen molar-refractivity contribution in [2.75, 3.05) is 0 Å². The van der Waals surface area contributed by atoms with Crippen LogP contribution in [0, 0.1) is 18.7 Å². The first-order chi connectivity index (χ1) is 10.6. The molecule has 3 rings (SSSR count). The minimum absolute atomic E-state index is 0.104. The molecule has 2 aromatic carbocycles. The molecule has 2 unspecified atom stereocenters. The van der Waals surface area contributed by atoms with E-state index in [-0.39, 0.29) is 17.9 Å². The number of aryl methyl sites for hydroxylation is 1. The van der Waals surface area contributed by atoms with Gasteiger partial charge in [0.05, 0.1) is 0 Å². The zero-order chi connectivity index (χ0) is 15.5. The lowest BCUT2D eigenvalue weighted by molar-refractivity contribution is 0.423. The second-order valence-electron chi connectivity index (χ2n) is 6.54. The molecule has 0 saturated heterocycles. The summed E-state index contributed by atoms with van der Waals surface area (Å²) in [6.07, 6.45) is 3.72. The van der Waals surface area contributed by atoms with Crippen molar-refractivity contribution in [3.63, 3.8) is 0 Å². The molecule has 2 atom stereocenters. The number of halogens is 1. The Balaban J connectivity index is 1.78. The summed E-state index contributed by atoms with van der Waals surface area (Å²) < 4.78 is 13.9. The molecule has 1 aliphatic rings. The van der Waals surface area contributed by atoms with Crippen LogP contribution in [0.1, 0.15) is 55.0 Å². The third kappa shape index (κ3) is 3.75. The van der Waals surface area contributed by atoms with Gasteiger partial charge in [0.1, 0.15) is 5.82 Å². The maximum Gasteiger partial charge on any atom is 0.126 e. The fraction of sp³-hybridized carbons (Fsp3) is 0.400. The molecule has 0 heterocycles. The van der Waals surface area contributed by atoms with Crippen molar-refractivity contribution in [2.45, 2.75) is 45.2 Å². The Morgan fingerprint density at radius 1 is 1.09 bits per heavy atom. The van der Waals surface area contributed by atoms with Crippen LogP contribution in [0.15, 0.2) is 48.5 Å². The van der Waals surface area contributed by atoms with Gasteiger partial charge < -0.3 is 5.32 Å². The summed E-state index contributed by atoms with van der Waals surface area (Å²) in [6.45, 7) is 3.99. The van der Waals surface area contributed by atoms with Gasteiger partial charge >= 0.3 is 0 Å². The van der Waals surface area contributed by atoms with E-state index in [1.54, 1.807) is 6.07 Å². The molecule has 1 saturated carbocycles. The van der Waals surface area contributed by atoms with E-state index in [0.717, 1.165) is 17.9 Å².